The lowest BCUT2D eigenvalue weighted by Gasteiger charge is -2.29. The average molecular weight is 487 g/mol. The summed E-state index contributed by atoms with van der Waals surface area (Å²) in [7, 11) is 0. The summed E-state index contributed by atoms with van der Waals surface area (Å²) in [5, 5.41) is 24.4. The van der Waals surface area contributed by atoms with Crippen LogP contribution < -0.4 is 4.74 Å². The Morgan fingerprint density at radius 3 is 2.56 bits per heavy atom. The van der Waals surface area contributed by atoms with Crippen molar-refractivity contribution in [1.29, 1.82) is 0 Å². The maximum atomic E-state index is 12.6. The fourth-order valence-electron chi connectivity index (χ4n) is 5.11. The predicted octanol–water partition coefficient (Wildman–Crippen LogP) is 6.15. The zero-order valence-corrected chi connectivity index (χ0v) is 20.5. The van der Waals surface area contributed by atoms with Gasteiger partial charge in [0, 0.05) is 34.7 Å². The summed E-state index contributed by atoms with van der Waals surface area (Å²) >= 11 is 0. The van der Waals surface area contributed by atoms with Crippen LogP contribution in [0.5, 0.6) is 5.75 Å². The number of nitrogens with zero attached hydrogens (tertiary/aromatic N) is 2. The first-order valence-electron chi connectivity index (χ1n) is 11.7. The Morgan fingerprint density at radius 1 is 1.17 bits per heavy atom. The van der Waals surface area contributed by atoms with Gasteiger partial charge >= 0.3 is 5.97 Å². The Kier molecular flexibility index (Phi) is 5.64. The summed E-state index contributed by atoms with van der Waals surface area (Å²) in [6.45, 7) is 7.43. The Labute approximate surface area is 207 Å². The number of fused-ring (bicyclic) bond motifs is 1. The first-order valence-corrected chi connectivity index (χ1v) is 11.7. The van der Waals surface area contributed by atoms with E-state index in [-0.39, 0.29) is 16.8 Å². The number of nitro benzene ring substituents is 1. The second-order valence-electron chi connectivity index (χ2n) is 9.92. The van der Waals surface area contributed by atoms with Crippen LogP contribution in [0.25, 0.3) is 32.8 Å². The molecule has 3 aromatic carbocycles. The van der Waals surface area contributed by atoms with Crippen LogP contribution in [0.15, 0.2) is 48.7 Å². The maximum absolute atomic E-state index is 12.6. The minimum Gasteiger partial charge on any atom is -0.493 e. The van der Waals surface area contributed by atoms with Gasteiger partial charge in [0.15, 0.2) is 6.10 Å². The third kappa shape index (κ3) is 3.83. The molecule has 0 saturated carbocycles. The number of pyridine rings is 1. The normalized spacial score (nSPS) is 14.0. The molecule has 1 aromatic heterocycles. The number of carbonyl (C=O) groups is 1. The molecule has 1 aliphatic rings. The molecule has 8 nitrogen and oxygen atoms in total. The molecular weight excluding hydrogens is 460 g/mol. The van der Waals surface area contributed by atoms with Crippen LogP contribution in [0.1, 0.15) is 43.6 Å². The number of carboxylic acids is 1. The highest BCUT2D eigenvalue weighted by Gasteiger charge is 2.36. The Morgan fingerprint density at radius 2 is 1.89 bits per heavy atom. The van der Waals surface area contributed by atoms with Gasteiger partial charge in [0.05, 0.1) is 28.0 Å². The number of aromatic nitrogens is 1. The van der Waals surface area contributed by atoms with Crippen molar-refractivity contribution in [3.63, 3.8) is 0 Å². The van der Waals surface area contributed by atoms with Gasteiger partial charge in [0.1, 0.15) is 5.75 Å². The smallest absolute Gasteiger partial charge is 0.337 e. The lowest BCUT2D eigenvalue weighted by Crippen LogP contribution is -2.28. The van der Waals surface area contributed by atoms with Crippen LogP contribution in [0.3, 0.4) is 0 Å². The molecule has 0 spiro atoms. The molecule has 5 rings (SSSR count). The predicted molar refractivity (Wildman–Crippen MR) is 136 cm³/mol. The zero-order valence-electron chi connectivity index (χ0n) is 20.5. The maximum Gasteiger partial charge on any atom is 0.337 e. The number of nitro groups is 1. The van der Waals surface area contributed by atoms with Gasteiger partial charge < -0.3 is 14.6 Å². The standard InChI is InChI=1S/C28H26N2O6/c1-15-21(26(27(31)32)36-28(2,3)4)23(17-7-5-6-8-18(17)25(15)30(33)34)19-9-10-20-22-16(12-14-35-20)11-13-29-24(19)22/h5-11,13,26H,12,14H2,1-4H3,(H,31,32)/t26-/m0/s1. The van der Waals surface area contributed by atoms with E-state index in [2.05, 4.69) is 4.98 Å². The molecule has 0 amide bonds. The number of ether oxygens (including phenoxy) is 2. The molecule has 2 heterocycles. The number of benzene rings is 3. The largest absolute Gasteiger partial charge is 0.493 e. The van der Waals surface area contributed by atoms with Gasteiger partial charge in [-0.05, 0) is 68.5 Å². The Bertz CT molecular complexity index is 1540. The monoisotopic (exact) mass is 486 g/mol. The Balaban J connectivity index is 1.98. The topological polar surface area (TPSA) is 112 Å². The second kappa shape index (κ2) is 8.57. The molecule has 0 radical (unpaired) electrons. The summed E-state index contributed by atoms with van der Waals surface area (Å²) in [5.74, 6) is -0.508. The van der Waals surface area contributed by atoms with Gasteiger partial charge in [-0.15, -0.1) is 0 Å². The van der Waals surface area contributed by atoms with Crippen molar-refractivity contribution in [3.8, 4) is 16.9 Å². The van der Waals surface area contributed by atoms with E-state index >= 15 is 0 Å². The van der Waals surface area contributed by atoms with Gasteiger partial charge in [0.2, 0.25) is 0 Å². The molecule has 184 valence electrons. The van der Waals surface area contributed by atoms with Gasteiger partial charge in [-0.25, -0.2) is 4.79 Å². The van der Waals surface area contributed by atoms with Crippen molar-refractivity contribution in [1.82, 2.24) is 4.98 Å². The molecule has 4 aromatic rings. The van der Waals surface area contributed by atoms with Crippen LogP contribution in [-0.4, -0.2) is 33.2 Å². The van der Waals surface area contributed by atoms with Crippen LogP contribution in [0, 0.1) is 17.0 Å². The highest BCUT2D eigenvalue weighted by Crippen LogP contribution is 2.48. The van der Waals surface area contributed by atoms with Gasteiger partial charge in [-0.1, -0.05) is 18.2 Å². The molecule has 1 atom stereocenters. The molecule has 0 aliphatic carbocycles. The molecule has 1 aliphatic heterocycles. The minimum atomic E-state index is -1.44. The molecule has 0 unspecified atom stereocenters. The number of hydrogen-bond donors (Lipinski definition) is 1. The van der Waals surface area contributed by atoms with Gasteiger partial charge in [-0.2, -0.15) is 0 Å². The van der Waals surface area contributed by atoms with E-state index in [0.29, 0.717) is 39.8 Å². The molecule has 0 fully saturated rings. The molecule has 8 heteroatoms. The molecule has 0 bridgehead atoms. The summed E-state index contributed by atoms with van der Waals surface area (Å²) < 4.78 is 11.9. The van der Waals surface area contributed by atoms with Gasteiger partial charge in [-0.3, -0.25) is 15.1 Å². The van der Waals surface area contributed by atoms with Crippen LogP contribution in [-0.2, 0) is 16.0 Å². The zero-order chi connectivity index (χ0) is 25.8. The van der Waals surface area contributed by atoms with E-state index in [0.717, 1.165) is 17.4 Å². The quantitative estimate of drug-likeness (QED) is 0.266. The minimum absolute atomic E-state index is 0.132. The molecule has 0 saturated heterocycles. The Hall–Kier alpha value is -4.04. The van der Waals surface area contributed by atoms with E-state index in [4.69, 9.17) is 9.47 Å². The first kappa shape index (κ1) is 23.7. The molecule has 36 heavy (non-hydrogen) atoms. The van der Waals surface area contributed by atoms with E-state index in [1.165, 1.54) is 0 Å². The second-order valence-corrected chi connectivity index (χ2v) is 9.92. The van der Waals surface area contributed by atoms with Crippen LogP contribution in [0.2, 0.25) is 0 Å². The number of aliphatic carboxylic acids is 1. The summed E-state index contributed by atoms with van der Waals surface area (Å²) in [5.41, 5.74) is 2.54. The van der Waals surface area contributed by atoms with Crippen molar-refractivity contribution in [2.75, 3.05) is 6.61 Å². The van der Waals surface area contributed by atoms with E-state index < -0.39 is 22.6 Å². The summed E-state index contributed by atoms with van der Waals surface area (Å²) in [6, 6.07) is 12.7. The third-order valence-corrected chi connectivity index (χ3v) is 6.46. The highest BCUT2D eigenvalue weighted by molar-refractivity contribution is 6.11. The van der Waals surface area contributed by atoms with Crippen LogP contribution in [0.4, 0.5) is 5.69 Å². The van der Waals surface area contributed by atoms with Crippen LogP contribution >= 0.6 is 0 Å². The van der Waals surface area contributed by atoms with Crippen molar-refractivity contribution >= 4 is 33.3 Å². The number of carboxylic acid groups (broad SMARTS) is 1. The molecular formula is C28H26N2O6. The highest BCUT2D eigenvalue weighted by atomic mass is 16.6. The fraction of sp³-hybridized carbons (Fsp3) is 0.286. The van der Waals surface area contributed by atoms with Crippen molar-refractivity contribution in [3.05, 3.63) is 75.5 Å². The molecule has 1 N–H and O–H groups in total. The van der Waals surface area contributed by atoms with E-state index in [1.54, 1.807) is 58.2 Å². The van der Waals surface area contributed by atoms with E-state index in [1.807, 2.05) is 18.2 Å². The SMILES string of the molecule is Cc1c([C@H](OC(C)(C)C)C(=O)O)c(-c2ccc3c4c(ccnc24)CCO3)c2ccccc2c1[N+](=O)[O-]. The summed E-state index contributed by atoms with van der Waals surface area (Å²) in [4.78, 5) is 29.1. The first-order chi connectivity index (χ1) is 17.1. The summed E-state index contributed by atoms with van der Waals surface area (Å²) in [6.07, 6.45) is 1.02. The van der Waals surface area contributed by atoms with Gasteiger partial charge in [0.25, 0.3) is 5.69 Å². The number of hydrogen-bond acceptors (Lipinski definition) is 6. The van der Waals surface area contributed by atoms with Crippen molar-refractivity contribution in [2.24, 2.45) is 0 Å². The number of rotatable bonds is 5. The average Bonchev–Trinajstić information content (AvgIpc) is 2.82. The fourth-order valence-corrected chi connectivity index (χ4v) is 5.11. The lowest BCUT2D eigenvalue weighted by atomic mass is 9.84. The van der Waals surface area contributed by atoms with Crippen molar-refractivity contribution < 1.29 is 24.3 Å². The van der Waals surface area contributed by atoms with Crippen molar-refractivity contribution in [2.45, 2.75) is 45.8 Å². The third-order valence-electron chi connectivity index (χ3n) is 6.46. The van der Waals surface area contributed by atoms with E-state index in [9.17, 15) is 20.0 Å². The lowest BCUT2D eigenvalue weighted by molar-refractivity contribution is -0.383.